The highest BCUT2D eigenvalue weighted by atomic mass is 35.5. The van der Waals surface area contributed by atoms with Crippen molar-refractivity contribution in [3.8, 4) is 0 Å². The van der Waals surface area contributed by atoms with Crippen LogP contribution in [0.25, 0.3) is 10.2 Å². The predicted octanol–water partition coefficient (Wildman–Crippen LogP) is 3.53. The van der Waals surface area contributed by atoms with Gasteiger partial charge in [-0.1, -0.05) is 22.6 Å². The number of benzene rings is 1. The highest BCUT2D eigenvalue weighted by Gasteiger charge is 2.24. The van der Waals surface area contributed by atoms with E-state index in [-0.39, 0.29) is 18.3 Å². The van der Waals surface area contributed by atoms with Gasteiger partial charge in [-0.25, -0.2) is 4.98 Å². The average Bonchev–Trinajstić information content (AvgIpc) is 3.12. The first kappa shape index (κ1) is 19.4. The van der Waals surface area contributed by atoms with Gasteiger partial charge in [0.2, 0.25) is 0 Å². The Bertz CT molecular complexity index is 875. The van der Waals surface area contributed by atoms with Crippen molar-refractivity contribution >= 4 is 45.0 Å². The van der Waals surface area contributed by atoms with Crippen LogP contribution in [0, 0.1) is 13.8 Å². The van der Waals surface area contributed by atoms with Crippen LogP contribution in [-0.4, -0.2) is 48.1 Å². The number of carbonyl (C=O) groups is 1. The lowest BCUT2D eigenvalue weighted by atomic mass is 10.2. The minimum Gasteiger partial charge on any atom is -0.361 e. The highest BCUT2D eigenvalue weighted by molar-refractivity contribution is 7.22. The molecule has 134 valence electrons. The second-order valence-electron chi connectivity index (χ2n) is 6.05. The number of rotatable bonds is 5. The lowest BCUT2D eigenvalue weighted by molar-refractivity contribution is 0.0976. The van der Waals surface area contributed by atoms with Crippen LogP contribution in [0.15, 0.2) is 28.8 Å². The van der Waals surface area contributed by atoms with Crippen LogP contribution in [0.4, 0.5) is 5.13 Å². The minimum absolute atomic E-state index is 0. The van der Waals surface area contributed by atoms with E-state index in [1.807, 2.05) is 38.1 Å². The molecule has 2 aromatic heterocycles. The molecule has 0 aliphatic heterocycles. The van der Waals surface area contributed by atoms with Gasteiger partial charge in [-0.05, 0) is 45.6 Å². The number of likely N-dealkylation sites (N-methyl/N-ethyl adjacent to an activating group) is 1. The Morgan fingerprint density at radius 3 is 2.60 bits per heavy atom. The maximum atomic E-state index is 12.9. The normalized spacial score (nSPS) is 10.9. The molecule has 1 aromatic carbocycles. The van der Waals surface area contributed by atoms with E-state index >= 15 is 0 Å². The van der Waals surface area contributed by atoms with Crippen LogP contribution in [0.3, 0.4) is 0 Å². The Kier molecular flexibility index (Phi) is 6.16. The summed E-state index contributed by atoms with van der Waals surface area (Å²) >= 11 is 1.52. The molecule has 1 amide bonds. The van der Waals surface area contributed by atoms with Crippen molar-refractivity contribution in [3.63, 3.8) is 0 Å². The van der Waals surface area contributed by atoms with Crippen LogP contribution in [0.1, 0.15) is 21.8 Å². The van der Waals surface area contributed by atoms with E-state index in [9.17, 15) is 4.79 Å². The number of fused-ring (bicyclic) bond motifs is 1. The third-order valence-electron chi connectivity index (χ3n) is 3.63. The molecule has 0 saturated heterocycles. The van der Waals surface area contributed by atoms with Crippen LogP contribution in [0.5, 0.6) is 0 Å². The molecule has 0 radical (unpaired) electrons. The highest BCUT2D eigenvalue weighted by Crippen LogP contribution is 2.30. The molecular formula is C17H21ClN4O2S. The Balaban J connectivity index is 0.00000225. The summed E-state index contributed by atoms with van der Waals surface area (Å²) in [5, 5.41) is 4.54. The number of halogens is 1. The second kappa shape index (κ2) is 7.95. The van der Waals surface area contributed by atoms with Gasteiger partial charge in [-0.3, -0.25) is 9.69 Å². The third kappa shape index (κ3) is 4.36. The van der Waals surface area contributed by atoms with Gasteiger partial charge >= 0.3 is 0 Å². The molecule has 25 heavy (non-hydrogen) atoms. The first-order chi connectivity index (χ1) is 11.4. The number of carbonyl (C=O) groups excluding carboxylic acids is 1. The fraction of sp³-hybridized carbons (Fsp3) is 0.353. The average molecular weight is 381 g/mol. The van der Waals surface area contributed by atoms with E-state index in [0.717, 1.165) is 16.8 Å². The molecule has 0 fully saturated rings. The molecule has 0 aliphatic carbocycles. The number of hydrogen-bond acceptors (Lipinski definition) is 6. The van der Waals surface area contributed by atoms with Gasteiger partial charge in [0.05, 0.1) is 10.2 Å². The van der Waals surface area contributed by atoms with Crippen molar-refractivity contribution in [2.45, 2.75) is 13.8 Å². The van der Waals surface area contributed by atoms with Gasteiger partial charge in [0.1, 0.15) is 5.76 Å². The summed E-state index contributed by atoms with van der Waals surface area (Å²) in [5.74, 6) is 0.426. The standard InChI is InChI=1S/C17H20N4O2S.ClH/c1-11-5-6-13-15(9-11)24-17(18-13)21(8-7-20(3)4)16(22)14-10-12(2)23-19-14;/h5-6,9-10H,7-8H2,1-4H3;1H. The molecular weight excluding hydrogens is 360 g/mol. The van der Waals surface area contributed by atoms with Crippen molar-refractivity contribution in [2.75, 3.05) is 32.1 Å². The van der Waals surface area contributed by atoms with E-state index in [4.69, 9.17) is 4.52 Å². The fourth-order valence-corrected chi connectivity index (χ4v) is 3.41. The number of aryl methyl sites for hydroxylation is 2. The van der Waals surface area contributed by atoms with Gasteiger partial charge in [-0.15, -0.1) is 12.4 Å². The number of nitrogens with zero attached hydrogens (tertiary/aromatic N) is 4. The van der Waals surface area contributed by atoms with Gasteiger partial charge in [0.15, 0.2) is 10.8 Å². The Labute approximate surface area is 156 Å². The van der Waals surface area contributed by atoms with E-state index in [1.165, 1.54) is 16.9 Å². The number of anilines is 1. The zero-order valence-electron chi connectivity index (χ0n) is 14.6. The van der Waals surface area contributed by atoms with Crippen molar-refractivity contribution in [1.82, 2.24) is 15.0 Å². The summed E-state index contributed by atoms with van der Waals surface area (Å²) in [6, 6.07) is 7.76. The minimum atomic E-state index is -0.190. The Hall–Kier alpha value is -1.96. The topological polar surface area (TPSA) is 62.5 Å². The smallest absolute Gasteiger partial charge is 0.282 e. The van der Waals surface area contributed by atoms with Gasteiger partial charge in [-0.2, -0.15) is 0 Å². The summed E-state index contributed by atoms with van der Waals surface area (Å²) < 4.78 is 6.12. The largest absolute Gasteiger partial charge is 0.361 e. The molecule has 0 unspecified atom stereocenters. The van der Waals surface area contributed by atoms with Crippen molar-refractivity contribution in [2.24, 2.45) is 0 Å². The molecule has 0 atom stereocenters. The van der Waals surface area contributed by atoms with Gasteiger partial charge < -0.3 is 9.42 Å². The molecule has 6 nitrogen and oxygen atoms in total. The number of aromatic nitrogens is 2. The Morgan fingerprint density at radius 2 is 1.96 bits per heavy atom. The molecule has 0 bridgehead atoms. The first-order valence-electron chi connectivity index (χ1n) is 7.71. The number of thiazole rings is 1. The quantitative estimate of drug-likeness (QED) is 0.677. The summed E-state index contributed by atoms with van der Waals surface area (Å²) in [6.07, 6.45) is 0. The van der Waals surface area contributed by atoms with Crippen LogP contribution in [-0.2, 0) is 0 Å². The zero-order valence-corrected chi connectivity index (χ0v) is 16.3. The van der Waals surface area contributed by atoms with Crippen LogP contribution in [0.2, 0.25) is 0 Å². The lowest BCUT2D eigenvalue weighted by Crippen LogP contribution is -2.36. The summed E-state index contributed by atoms with van der Waals surface area (Å²) in [4.78, 5) is 21.2. The number of hydrogen-bond donors (Lipinski definition) is 0. The van der Waals surface area contributed by atoms with Crippen molar-refractivity contribution in [1.29, 1.82) is 0 Å². The van der Waals surface area contributed by atoms with E-state index < -0.39 is 0 Å². The third-order valence-corrected chi connectivity index (χ3v) is 4.67. The van der Waals surface area contributed by atoms with E-state index in [2.05, 4.69) is 16.2 Å². The van der Waals surface area contributed by atoms with Gasteiger partial charge in [0, 0.05) is 19.2 Å². The maximum absolute atomic E-state index is 12.9. The van der Waals surface area contributed by atoms with Crippen LogP contribution >= 0.6 is 23.7 Å². The van der Waals surface area contributed by atoms with Crippen LogP contribution < -0.4 is 4.90 Å². The number of amides is 1. The predicted molar refractivity (Wildman–Crippen MR) is 103 cm³/mol. The van der Waals surface area contributed by atoms with Crippen molar-refractivity contribution in [3.05, 3.63) is 41.3 Å². The first-order valence-corrected chi connectivity index (χ1v) is 8.53. The molecule has 8 heteroatoms. The molecule has 0 N–H and O–H groups in total. The molecule has 0 saturated carbocycles. The molecule has 0 spiro atoms. The summed E-state index contributed by atoms with van der Waals surface area (Å²) in [5.41, 5.74) is 2.39. The van der Waals surface area contributed by atoms with E-state index in [0.29, 0.717) is 23.1 Å². The van der Waals surface area contributed by atoms with Crippen molar-refractivity contribution < 1.29 is 9.32 Å². The lowest BCUT2D eigenvalue weighted by Gasteiger charge is -2.20. The van der Waals surface area contributed by atoms with E-state index in [1.54, 1.807) is 17.9 Å². The second-order valence-corrected chi connectivity index (χ2v) is 7.06. The molecule has 3 rings (SSSR count). The molecule has 3 aromatic rings. The summed E-state index contributed by atoms with van der Waals surface area (Å²) in [7, 11) is 3.95. The summed E-state index contributed by atoms with van der Waals surface area (Å²) in [6.45, 7) is 5.09. The zero-order chi connectivity index (χ0) is 17.3. The Morgan fingerprint density at radius 1 is 1.20 bits per heavy atom. The molecule has 0 aliphatic rings. The maximum Gasteiger partial charge on any atom is 0.282 e. The SMILES string of the molecule is Cc1ccc2nc(N(CCN(C)C)C(=O)c3cc(C)on3)sc2c1.Cl. The monoisotopic (exact) mass is 380 g/mol. The molecule has 2 heterocycles. The fourth-order valence-electron chi connectivity index (χ4n) is 2.32. The van der Waals surface area contributed by atoms with Gasteiger partial charge in [0.25, 0.3) is 5.91 Å².